The van der Waals surface area contributed by atoms with Gasteiger partial charge in [0, 0.05) is 21.9 Å². The molecule has 0 atom stereocenters. The van der Waals surface area contributed by atoms with Gasteiger partial charge in [-0.25, -0.2) is 4.98 Å². The van der Waals surface area contributed by atoms with Crippen molar-refractivity contribution in [1.82, 2.24) is 9.97 Å². The smallest absolute Gasteiger partial charge is 0.194 e. The zero-order chi connectivity index (χ0) is 14.8. The van der Waals surface area contributed by atoms with Crippen molar-refractivity contribution in [1.29, 1.82) is 0 Å². The van der Waals surface area contributed by atoms with E-state index >= 15 is 0 Å². The van der Waals surface area contributed by atoms with Crippen LogP contribution in [-0.2, 0) is 0 Å². The summed E-state index contributed by atoms with van der Waals surface area (Å²) < 4.78 is 0. The molecule has 0 bridgehead atoms. The summed E-state index contributed by atoms with van der Waals surface area (Å²) >= 11 is 0. The van der Waals surface area contributed by atoms with Crippen molar-refractivity contribution in [2.45, 2.75) is 6.92 Å². The second-order valence-corrected chi connectivity index (χ2v) is 5.75. The van der Waals surface area contributed by atoms with Gasteiger partial charge in [-0.15, -0.1) is 0 Å². The molecule has 0 unspecified atom stereocenters. The first kappa shape index (κ1) is 11.7. The highest BCUT2D eigenvalue weighted by molar-refractivity contribution is 6.28. The first-order chi connectivity index (χ1) is 10.7. The molecule has 0 saturated carbocycles. The van der Waals surface area contributed by atoms with Gasteiger partial charge in [-0.3, -0.25) is 4.79 Å². The molecular weight excluding hydrogens is 272 g/mol. The van der Waals surface area contributed by atoms with Crippen LogP contribution in [-0.4, -0.2) is 15.8 Å². The molecule has 3 heteroatoms. The first-order valence-electron chi connectivity index (χ1n) is 7.30. The Morgan fingerprint density at radius 1 is 0.909 bits per heavy atom. The summed E-state index contributed by atoms with van der Waals surface area (Å²) in [5.41, 5.74) is 5.61. The van der Waals surface area contributed by atoms with E-state index in [0.717, 1.165) is 49.9 Å². The van der Waals surface area contributed by atoms with Gasteiger partial charge >= 0.3 is 0 Å². The summed E-state index contributed by atoms with van der Waals surface area (Å²) in [6.45, 7) is 1.95. The van der Waals surface area contributed by atoms with Gasteiger partial charge in [-0.05, 0) is 24.1 Å². The van der Waals surface area contributed by atoms with E-state index < -0.39 is 0 Å². The van der Waals surface area contributed by atoms with Crippen molar-refractivity contribution >= 4 is 27.6 Å². The fraction of sp³-hybridized carbons (Fsp3) is 0.0526. The quantitative estimate of drug-likeness (QED) is 0.462. The SMILES string of the molecule is Cc1nc2c(cc3c4c(cccc42)C(=O)c2ccccc2-3)[nH]1. The lowest BCUT2D eigenvalue weighted by Crippen LogP contribution is -2.09. The predicted molar refractivity (Wildman–Crippen MR) is 87.2 cm³/mol. The molecule has 0 saturated heterocycles. The van der Waals surface area contributed by atoms with Crippen LogP contribution in [0.5, 0.6) is 0 Å². The average Bonchev–Trinajstić information content (AvgIpc) is 2.92. The number of H-pyrrole nitrogens is 1. The number of carbonyl (C=O) groups is 1. The molecule has 0 fully saturated rings. The van der Waals surface area contributed by atoms with Crippen molar-refractivity contribution in [3.8, 4) is 11.1 Å². The molecule has 1 aliphatic rings. The lowest BCUT2D eigenvalue weighted by atomic mass is 9.82. The number of imidazole rings is 1. The number of aromatic amines is 1. The van der Waals surface area contributed by atoms with E-state index in [1.54, 1.807) is 0 Å². The number of ketones is 1. The minimum absolute atomic E-state index is 0.0975. The lowest BCUT2D eigenvalue weighted by molar-refractivity contribution is 0.104. The maximum atomic E-state index is 12.8. The molecule has 0 amide bonds. The number of nitrogens with zero attached hydrogens (tertiary/aromatic N) is 1. The van der Waals surface area contributed by atoms with Crippen LogP contribution in [0.15, 0.2) is 48.5 Å². The van der Waals surface area contributed by atoms with Gasteiger partial charge in [0.25, 0.3) is 0 Å². The number of nitrogens with one attached hydrogen (secondary N) is 1. The molecule has 0 radical (unpaired) electrons. The number of hydrogen-bond acceptors (Lipinski definition) is 2. The van der Waals surface area contributed by atoms with E-state index in [0.29, 0.717) is 0 Å². The minimum Gasteiger partial charge on any atom is -0.342 e. The Kier molecular flexibility index (Phi) is 2.03. The Hall–Kier alpha value is -2.94. The molecule has 104 valence electrons. The lowest BCUT2D eigenvalue weighted by Gasteiger charge is -2.19. The molecule has 0 spiro atoms. The predicted octanol–water partition coefficient (Wildman–Crippen LogP) is 4.24. The highest BCUT2D eigenvalue weighted by Gasteiger charge is 2.26. The monoisotopic (exact) mass is 284 g/mol. The normalized spacial score (nSPS) is 12.9. The topological polar surface area (TPSA) is 45.8 Å². The zero-order valence-corrected chi connectivity index (χ0v) is 12.0. The summed E-state index contributed by atoms with van der Waals surface area (Å²) in [4.78, 5) is 20.7. The van der Waals surface area contributed by atoms with Gasteiger partial charge in [-0.2, -0.15) is 0 Å². The maximum Gasteiger partial charge on any atom is 0.194 e. The summed E-state index contributed by atoms with van der Waals surface area (Å²) in [7, 11) is 0. The number of aryl methyl sites for hydroxylation is 1. The molecular formula is C19H12N2O. The fourth-order valence-electron chi connectivity index (χ4n) is 3.54. The second kappa shape index (κ2) is 3.83. The summed E-state index contributed by atoms with van der Waals surface area (Å²) in [6.07, 6.45) is 0. The van der Waals surface area contributed by atoms with E-state index in [1.165, 1.54) is 0 Å². The van der Waals surface area contributed by atoms with E-state index in [-0.39, 0.29) is 5.78 Å². The van der Waals surface area contributed by atoms with Crippen molar-refractivity contribution in [3.63, 3.8) is 0 Å². The van der Waals surface area contributed by atoms with Crippen molar-refractivity contribution in [2.75, 3.05) is 0 Å². The largest absolute Gasteiger partial charge is 0.342 e. The van der Waals surface area contributed by atoms with Crippen LogP contribution in [0.4, 0.5) is 0 Å². The third kappa shape index (κ3) is 1.31. The Labute approximate surface area is 126 Å². The van der Waals surface area contributed by atoms with Crippen molar-refractivity contribution < 1.29 is 4.79 Å². The number of rotatable bonds is 0. The molecule has 4 aromatic rings. The van der Waals surface area contributed by atoms with Crippen LogP contribution in [0.1, 0.15) is 21.7 Å². The van der Waals surface area contributed by atoms with Gasteiger partial charge in [0.15, 0.2) is 5.78 Å². The number of aromatic nitrogens is 2. The van der Waals surface area contributed by atoms with Gasteiger partial charge in [0.2, 0.25) is 0 Å². The Bertz CT molecular complexity index is 1110. The highest BCUT2D eigenvalue weighted by atomic mass is 16.1. The third-order valence-electron chi connectivity index (χ3n) is 4.43. The molecule has 1 aliphatic carbocycles. The number of fused-ring (bicyclic) bond motifs is 4. The van der Waals surface area contributed by atoms with Crippen LogP contribution < -0.4 is 0 Å². The molecule has 0 aliphatic heterocycles. The Morgan fingerprint density at radius 2 is 1.68 bits per heavy atom. The number of carbonyl (C=O) groups excluding carboxylic acids is 1. The van der Waals surface area contributed by atoms with Crippen molar-refractivity contribution in [2.24, 2.45) is 0 Å². The minimum atomic E-state index is 0.0975. The average molecular weight is 284 g/mol. The van der Waals surface area contributed by atoms with Gasteiger partial charge in [-0.1, -0.05) is 42.5 Å². The van der Waals surface area contributed by atoms with E-state index in [2.05, 4.69) is 16.0 Å². The second-order valence-electron chi connectivity index (χ2n) is 5.75. The van der Waals surface area contributed by atoms with Crippen LogP contribution >= 0.6 is 0 Å². The van der Waals surface area contributed by atoms with Crippen LogP contribution in [0.3, 0.4) is 0 Å². The van der Waals surface area contributed by atoms with Crippen LogP contribution in [0.2, 0.25) is 0 Å². The fourth-order valence-corrected chi connectivity index (χ4v) is 3.54. The van der Waals surface area contributed by atoms with Crippen LogP contribution in [0, 0.1) is 6.92 Å². The van der Waals surface area contributed by atoms with E-state index in [9.17, 15) is 4.79 Å². The molecule has 22 heavy (non-hydrogen) atoms. The highest BCUT2D eigenvalue weighted by Crippen LogP contribution is 2.41. The number of hydrogen-bond donors (Lipinski definition) is 1. The van der Waals surface area contributed by atoms with Gasteiger partial charge < -0.3 is 4.98 Å². The molecule has 3 aromatic carbocycles. The molecule has 3 nitrogen and oxygen atoms in total. The summed E-state index contributed by atoms with van der Waals surface area (Å²) in [5.74, 6) is 0.984. The molecule has 1 N–H and O–H groups in total. The molecule has 1 heterocycles. The number of benzene rings is 3. The van der Waals surface area contributed by atoms with Crippen LogP contribution in [0.25, 0.3) is 32.9 Å². The summed E-state index contributed by atoms with van der Waals surface area (Å²) in [6, 6.07) is 15.8. The van der Waals surface area contributed by atoms with Gasteiger partial charge in [0.05, 0.1) is 11.0 Å². The Morgan fingerprint density at radius 3 is 2.55 bits per heavy atom. The van der Waals surface area contributed by atoms with Crippen molar-refractivity contribution in [3.05, 3.63) is 65.5 Å². The molecule has 5 rings (SSSR count). The van der Waals surface area contributed by atoms with E-state index in [1.807, 2.05) is 49.4 Å². The zero-order valence-electron chi connectivity index (χ0n) is 12.0. The standard InChI is InChI=1S/C19H12N2O/c1-10-20-16-9-15-11-5-2-3-6-12(11)19(22)14-8-4-7-13(17(14)15)18(16)21-10/h2-9H,1H3,(H,20,21). The maximum absolute atomic E-state index is 12.8. The third-order valence-corrected chi connectivity index (χ3v) is 4.43. The van der Waals surface area contributed by atoms with E-state index in [4.69, 9.17) is 0 Å². The van der Waals surface area contributed by atoms with Gasteiger partial charge in [0.1, 0.15) is 5.82 Å². The molecule has 1 aromatic heterocycles. The first-order valence-corrected chi connectivity index (χ1v) is 7.30. The summed E-state index contributed by atoms with van der Waals surface area (Å²) in [5, 5.41) is 2.06. The Balaban J connectivity index is 2.10.